The molecular weight excluding hydrogens is 298 g/mol. The van der Waals surface area contributed by atoms with Crippen LogP contribution in [0.3, 0.4) is 0 Å². The van der Waals surface area contributed by atoms with E-state index in [-0.39, 0.29) is 6.03 Å². The predicted molar refractivity (Wildman–Crippen MR) is 90.9 cm³/mol. The van der Waals surface area contributed by atoms with Crippen LogP contribution in [0.15, 0.2) is 46.9 Å². The number of nitrogens with one attached hydrogen (secondary N) is 2. The van der Waals surface area contributed by atoms with Crippen molar-refractivity contribution in [2.24, 2.45) is 5.10 Å². The molecule has 1 aromatic heterocycles. The zero-order chi connectivity index (χ0) is 15.6. The number of rotatable bonds is 7. The smallest absolute Gasteiger partial charge is 0.339 e. The summed E-state index contributed by atoms with van der Waals surface area (Å²) in [4.78, 5) is 12.7. The number of urea groups is 1. The molecule has 0 atom stereocenters. The van der Waals surface area contributed by atoms with Crippen molar-refractivity contribution < 1.29 is 9.53 Å². The third-order valence-corrected chi connectivity index (χ3v) is 3.59. The molecule has 2 N–H and O–H groups in total. The third-order valence-electron chi connectivity index (χ3n) is 2.78. The van der Waals surface area contributed by atoms with E-state index in [1.54, 1.807) is 29.7 Å². The number of carbonyl (C=O) groups excluding carboxylic acids is 1. The van der Waals surface area contributed by atoms with Crippen LogP contribution in [0.25, 0.3) is 0 Å². The molecule has 0 fully saturated rings. The summed E-state index contributed by atoms with van der Waals surface area (Å²) in [6, 6.07) is 10.7. The van der Waals surface area contributed by atoms with Gasteiger partial charge in [0.15, 0.2) is 0 Å². The number of amides is 2. The van der Waals surface area contributed by atoms with Gasteiger partial charge in [0, 0.05) is 10.6 Å². The highest BCUT2D eigenvalue weighted by Crippen LogP contribution is 2.15. The summed E-state index contributed by atoms with van der Waals surface area (Å²) < 4.78 is 5.56. The van der Waals surface area contributed by atoms with Gasteiger partial charge in [-0.1, -0.05) is 19.4 Å². The van der Waals surface area contributed by atoms with Gasteiger partial charge >= 0.3 is 6.03 Å². The fourth-order valence-electron chi connectivity index (χ4n) is 1.65. The molecule has 0 spiro atoms. The third kappa shape index (κ3) is 5.57. The van der Waals surface area contributed by atoms with Crippen molar-refractivity contribution in [1.82, 2.24) is 5.43 Å². The van der Waals surface area contributed by atoms with Gasteiger partial charge < -0.3 is 10.1 Å². The minimum absolute atomic E-state index is 0.382. The minimum Gasteiger partial charge on any atom is -0.494 e. The molecule has 5 nitrogen and oxygen atoms in total. The zero-order valence-corrected chi connectivity index (χ0v) is 13.2. The molecule has 0 saturated heterocycles. The molecule has 0 bridgehead atoms. The molecule has 1 aromatic carbocycles. The molecule has 1 heterocycles. The quantitative estimate of drug-likeness (QED) is 0.459. The molecule has 116 valence electrons. The van der Waals surface area contributed by atoms with Crippen LogP contribution >= 0.6 is 11.3 Å². The van der Waals surface area contributed by atoms with Crippen LogP contribution in [-0.2, 0) is 0 Å². The molecule has 0 aliphatic rings. The molecule has 0 saturated carbocycles. The van der Waals surface area contributed by atoms with Crippen molar-refractivity contribution in [3.63, 3.8) is 0 Å². The largest absolute Gasteiger partial charge is 0.494 e. The lowest BCUT2D eigenvalue weighted by molar-refractivity contribution is 0.252. The lowest BCUT2D eigenvalue weighted by Gasteiger charge is -2.07. The predicted octanol–water partition coefficient (Wildman–Crippen LogP) is 4.08. The van der Waals surface area contributed by atoms with Crippen LogP contribution in [0.1, 0.15) is 24.6 Å². The number of hydrazone groups is 1. The lowest BCUT2D eigenvalue weighted by Crippen LogP contribution is -2.24. The highest BCUT2D eigenvalue weighted by molar-refractivity contribution is 7.11. The summed E-state index contributed by atoms with van der Waals surface area (Å²) in [7, 11) is 0. The lowest BCUT2D eigenvalue weighted by atomic mass is 10.3. The highest BCUT2D eigenvalue weighted by atomic mass is 32.1. The van der Waals surface area contributed by atoms with Gasteiger partial charge in [-0.05, 0) is 42.1 Å². The normalized spacial score (nSPS) is 10.6. The van der Waals surface area contributed by atoms with E-state index in [1.807, 2.05) is 29.6 Å². The summed E-state index contributed by atoms with van der Waals surface area (Å²) in [6.07, 6.45) is 3.74. The Labute approximate surface area is 134 Å². The van der Waals surface area contributed by atoms with E-state index in [4.69, 9.17) is 4.74 Å². The standard InChI is InChI=1S/C16H19N3O2S/c1-2-3-10-21-14-8-6-13(7-9-14)18-16(20)19-17-12-15-5-4-11-22-15/h4-9,11-12H,2-3,10H2,1H3,(H2,18,19,20)/b17-12+. The van der Waals surface area contributed by atoms with E-state index >= 15 is 0 Å². The van der Waals surface area contributed by atoms with E-state index in [9.17, 15) is 4.79 Å². The van der Waals surface area contributed by atoms with Gasteiger partial charge in [-0.15, -0.1) is 11.3 Å². The number of hydrogen-bond donors (Lipinski definition) is 2. The van der Waals surface area contributed by atoms with Crippen molar-refractivity contribution >= 4 is 29.3 Å². The van der Waals surface area contributed by atoms with Crippen molar-refractivity contribution in [1.29, 1.82) is 0 Å². The Bertz CT molecular complexity index is 594. The minimum atomic E-state index is -0.382. The van der Waals surface area contributed by atoms with Crippen molar-refractivity contribution in [2.75, 3.05) is 11.9 Å². The van der Waals surface area contributed by atoms with Crippen molar-refractivity contribution in [2.45, 2.75) is 19.8 Å². The van der Waals surface area contributed by atoms with E-state index in [0.717, 1.165) is 23.5 Å². The molecule has 6 heteroatoms. The zero-order valence-electron chi connectivity index (χ0n) is 12.4. The number of hydrogen-bond acceptors (Lipinski definition) is 4. The fourth-order valence-corrected chi connectivity index (χ4v) is 2.23. The van der Waals surface area contributed by atoms with E-state index in [0.29, 0.717) is 12.3 Å². The maximum absolute atomic E-state index is 11.7. The Morgan fingerprint density at radius 3 is 2.82 bits per heavy atom. The Morgan fingerprint density at radius 2 is 2.14 bits per heavy atom. The van der Waals surface area contributed by atoms with Gasteiger partial charge in [-0.2, -0.15) is 5.10 Å². The van der Waals surface area contributed by atoms with Gasteiger partial charge in [0.1, 0.15) is 5.75 Å². The molecule has 2 rings (SSSR count). The molecule has 2 amide bonds. The molecule has 0 radical (unpaired) electrons. The first kappa shape index (κ1) is 16.0. The number of thiophene rings is 1. The second-order valence-corrected chi connectivity index (χ2v) is 5.55. The molecule has 0 aliphatic carbocycles. The van der Waals surface area contributed by atoms with Gasteiger partial charge in [0.2, 0.25) is 0 Å². The molecule has 0 unspecified atom stereocenters. The topological polar surface area (TPSA) is 62.7 Å². The second-order valence-electron chi connectivity index (χ2n) is 4.57. The summed E-state index contributed by atoms with van der Waals surface area (Å²) in [5, 5.41) is 8.53. The maximum atomic E-state index is 11.7. The summed E-state index contributed by atoms with van der Waals surface area (Å²) in [5.74, 6) is 0.801. The maximum Gasteiger partial charge on any atom is 0.339 e. The number of benzene rings is 1. The molecule has 22 heavy (non-hydrogen) atoms. The number of ether oxygens (including phenoxy) is 1. The SMILES string of the molecule is CCCCOc1ccc(NC(=O)N/N=C/c2cccs2)cc1. The molecular formula is C16H19N3O2S. The van der Waals surface area contributed by atoms with Gasteiger partial charge in [-0.25, -0.2) is 10.2 Å². The van der Waals surface area contributed by atoms with Gasteiger partial charge in [0.25, 0.3) is 0 Å². The van der Waals surface area contributed by atoms with Gasteiger partial charge in [-0.3, -0.25) is 0 Å². The second kappa shape index (κ2) is 8.84. The Hall–Kier alpha value is -2.34. The van der Waals surface area contributed by atoms with Crippen LogP contribution < -0.4 is 15.5 Å². The number of anilines is 1. The summed E-state index contributed by atoms with van der Waals surface area (Å²) in [6.45, 7) is 2.83. The van der Waals surface area contributed by atoms with Gasteiger partial charge in [0.05, 0.1) is 12.8 Å². The first-order valence-corrected chi connectivity index (χ1v) is 8.02. The average Bonchev–Trinajstić information content (AvgIpc) is 3.03. The highest BCUT2D eigenvalue weighted by Gasteiger charge is 2.00. The van der Waals surface area contributed by atoms with Crippen molar-refractivity contribution in [3.8, 4) is 5.75 Å². The fraction of sp³-hybridized carbons (Fsp3) is 0.250. The van der Waals surface area contributed by atoms with E-state index in [1.165, 1.54) is 0 Å². The van der Waals surface area contributed by atoms with Crippen LogP contribution in [-0.4, -0.2) is 18.9 Å². The average molecular weight is 317 g/mol. The number of carbonyl (C=O) groups is 1. The first-order chi connectivity index (χ1) is 10.8. The Morgan fingerprint density at radius 1 is 1.32 bits per heavy atom. The van der Waals surface area contributed by atoms with E-state index in [2.05, 4.69) is 22.8 Å². The molecule has 2 aromatic rings. The van der Waals surface area contributed by atoms with Crippen LogP contribution in [0.4, 0.5) is 10.5 Å². The number of nitrogens with zero attached hydrogens (tertiary/aromatic N) is 1. The number of unbranched alkanes of at least 4 members (excludes halogenated alkanes) is 1. The molecule has 0 aliphatic heterocycles. The first-order valence-electron chi connectivity index (χ1n) is 7.14. The van der Waals surface area contributed by atoms with E-state index < -0.39 is 0 Å². The van der Waals surface area contributed by atoms with Crippen LogP contribution in [0, 0.1) is 0 Å². The summed E-state index contributed by atoms with van der Waals surface area (Å²) in [5.41, 5.74) is 3.11. The Balaban J connectivity index is 1.76. The Kier molecular flexibility index (Phi) is 6.44. The monoisotopic (exact) mass is 317 g/mol. The van der Waals surface area contributed by atoms with Crippen LogP contribution in [0.2, 0.25) is 0 Å². The van der Waals surface area contributed by atoms with Crippen LogP contribution in [0.5, 0.6) is 5.75 Å². The van der Waals surface area contributed by atoms with Crippen molar-refractivity contribution in [3.05, 3.63) is 46.7 Å². The summed E-state index contributed by atoms with van der Waals surface area (Å²) >= 11 is 1.55.